The minimum Gasteiger partial charge on any atom is -0.484 e. The minimum atomic E-state index is -0.574. The summed E-state index contributed by atoms with van der Waals surface area (Å²) in [7, 11) is 0. The Bertz CT molecular complexity index is 177. The molecule has 1 rings (SSSR count). The minimum absolute atomic E-state index is 0. The van der Waals surface area contributed by atoms with E-state index >= 15 is 0 Å². The third-order valence-corrected chi connectivity index (χ3v) is 0.981. The van der Waals surface area contributed by atoms with Crippen LogP contribution in [0.4, 0.5) is 0 Å². The summed E-state index contributed by atoms with van der Waals surface area (Å²) < 4.78 is 4.80. The molecule has 0 aromatic carbocycles. The molecule has 0 bridgehead atoms. The van der Waals surface area contributed by atoms with Crippen molar-refractivity contribution in [2.24, 2.45) is 5.73 Å². The van der Waals surface area contributed by atoms with Crippen LogP contribution in [0.25, 0.3) is 0 Å². The number of amides is 1. The fourth-order valence-corrected chi connectivity index (χ4v) is 0.548. The second-order valence-corrected chi connectivity index (χ2v) is 1.67. The number of carbonyl (C=O) groups is 1. The van der Waals surface area contributed by atoms with Gasteiger partial charge in [0.1, 0.15) is 0 Å². The second-order valence-electron chi connectivity index (χ2n) is 1.67. The summed E-state index contributed by atoms with van der Waals surface area (Å²) in [5.74, 6) is -0.462. The van der Waals surface area contributed by atoms with E-state index in [0.717, 1.165) is 0 Å². The van der Waals surface area contributed by atoms with E-state index in [1.54, 1.807) is 18.2 Å². The zero-order chi connectivity index (χ0) is 6.69. The third kappa shape index (κ3) is 2.39. The molecular weight excluding hydrogens is 315 g/mol. The number of rotatable bonds is 1. The molecule has 0 fully saturated rings. The molecule has 59 valence electrons. The molecule has 3 nitrogen and oxygen atoms in total. The van der Waals surface area contributed by atoms with Crippen LogP contribution in [0, 0.1) is 0 Å². The van der Waals surface area contributed by atoms with Gasteiger partial charge in [-0.05, 0) is 12.2 Å². The molecule has 1 radical (unpaired) electrons. The van der Waals surface area contributed by atoms with Crippen LogP contribution in [0.2, 0.25) is 0 Å². The van der Waals surface area contributed by atoms with Crippen molar-refractivity contribution in [1.29, 1.82) is 0 Å². The van der Waals surface area contributed by atoms with Gasteiger partial charge < -0.3 is 10.5 Å². The SMILES string of the molecule is NC(=O)C1C=CC=CO1.[Au]. The number of hydrogen-bond acceptors (Lipinski definition) is 2. The molecule has 1 aliphatic rings. The second kappa shape index (κ2) is 4.33. The molecule has 0 aromatic heterocycles. The molecule has 4 heteroatoms. The van der Waals surface area contributed by atoms with E-state index < -0.39 is 12.0 Å². The van der Waals surface area contributed by atoms with Gasteiger partial charge >= 0.3 is 0 Å². The van der Waals surface area contributed by atoms with Crippen molar-refractivity contribution in [2.45, 2.75) is 6.10 Å². The fourth-order valence-electron chi connectivity index (χ4n) is 0.548. The predicted octanol–water partition coefficient (Wildman–Crippen LogP) is -0.0621. The first kappa shape index (κ1) is 9.49. The number of carbonyl (C=O) groups excluding carboxylic acids is 1. The van der Waals surface area contributed by atoms with E-state index in [-0.39, 0.29) is 22.4 Å². The maximum absolute atomic E-state index is 10.4. The van der Waals surface area contributed by atoms with Gasteiger partial charge in [0, 0.05) is 22.4 Å². The molecule has 0 aromatic rings. The molecule has 2 N–H and O–H groups in total. The van der Waals surface area contributed by atoms with Crippen LogP contribution < -0.4 is 5.73 Å². The van der Waals surface area contributed by atoms with Crippen LogP contribution in [-0.2, 0) is 31.9 Å². The Morgan fingerprint density at radius 2 is 2.20 bits per heavy atom. The molecule has 1 aliphatic heterocycles. The van der Waals surface area contributed by atoms with Gasteiger partial charge in [-0.25, -0.2) is 0 Å². The van der Waals surface area contributed by atoms with Gasteiger partial charge in [0.15, 0.2) is 6.10 Å². The molecule has 1 unspecified atom stereocenters. The summed E-state index contributed by atoms with van der Waals surface area (Å²) in [4.78, 5) is 10.4. The molecular formula is C6H7AuNO2. The first-order chi connectivity index (χ1) is 4.30. The summed E-state index contributed by atoms with van der Waals surface area (Å²) >= 11 is 0. The van der Waals surface area contributed by atoms with Crippen molar-refractivity contribution < 1.29 is 31.9 Å². The van der Waals surface area contributed by atoms with E-state index in [4.69, 9.17) is 10.5 Å². The zero-order valence-corrected chi connectivity index (χ0v) is 7.25. The van der Waals surface area contributed by atoms with E-state index in [1.807, 2.05) is 0 Å². The van der Waals surface area contributed by atoms with Crippen LogP contribution >= 0.6 is 0 Å². The average molecular weight is 322 g/mol. The van der Waals surface area contributed by atoms with Gasteiger partial charge in [-0.15, -0.1) is 0 Å². The van der Waals surface area contributed by atoms with Gasteiger partial charge in [0.05, 0.1) is 6.26 Å². The van der Waals surface area contributed by atoms with Gasteiger partial charge in [0.25, 0.3) is 5.91 Å². The topological polar surface area (TPSA) is 52.3 Å². The van der Waals surface area contributed by atoms with Crippen molar-refractivity contribution >= 4 is 5.91 Å². The van der Waals surface area contributed by atoms with Crippen molar-refractivity contribution in [1.82, 2.24) is 0 Å². The third-order valence-electron chi connectivity index (χ3n) is 0.981. The smallest absolute Gasteiger partial charge is 0.262 e. The summed E-state index contributed by atoms with van der Waals surface area (Å²) in [5, 5.41) is 0. The van der Waals surface area contributed by atoms with Crippen LogP contribution in [0.3, 0.4) is 0 Å². The van der Waals surface area contributed by atoms with Gasteiger partial charge in [-0.3, -0.25) is 4.79 Å². The fraction of sp³-hybridized carbons (Fsp3) is 0.167. The van der Waals surface area contributed by atoms with Crippen molar-refractivity contribution in [3.8, 4) is 0 Å². The van der Waals surface area contributed by atoms with E-state index in [1.165, 1.54) is 6.26 Å². The summed E-state index contributed by atoms with van der Waals surface area (Å²) in [6, 6.07) is 0. The molecule has 1 amide bonds. The van der Waals surface area contributed by atoms with Crippen LogP contribution in [0.1, 0.15) is 0 Å². The molecule has 0 spiro atoms. The van der Waals surface area contributed by atoms with Crippen LogP contribution in [0.15, 0.2) is 24.5 Å². The Kier molecular flexibility index (Phi) is 4.11. The van der Waals surface area contributed by atoms with Crippen molar-refractivity contribution in [3.63, 3.8) is 0 Å². The summed E-state index contributed by atoms with van der Waals surface area (Å²) in [6.07, 6.45) is 5.88. The normalized spacial score (nSPS) is 21.0. The quantitative estimate of drug-likeness (QED) is 0.688. The van der Waals surface area contributed by atoms with Crippen molar-refractivity contribution in [3.05, 3.63) is 24.5 Å². The summed E-state index contributed by atoms with van der Waals surface area (Å²) in [5.41, 5.74) is 4.92. The maximum atomic E-state index is 10.4. The number of ether oxygens (including phenoxy) is 1. The van der Waals surface area contributed by atoms with Crippen LogP contribution in [-0.4, -0.2) is 12.0 Å². The van der Waals surface area contributed by atoms with Gasteiger partial charge in [0.2, 0.25) is 0 Å². The molecule has 10 heavy (non-hydrogen) atoms. The number of hydrogen-bond donors (Lipinski definition) is 1. The van der Waals surface area contributed by atoms with E-state index in [9.17, 15) is 4.79 Å². The molecule has 1 heterocycles. The average Bonchev–Trinajstić information content (AvgIpc) is 1.90. The van der Waals surface area contributed by atoms with Crippen LogP contribution in [0.5, 0.6) is 0 Å². The van der Waals surface area contributed by atoms with E-state index in [0.29, 0.717) is 0 Å². The Balaban J connectivity index is 0.000000810. The predicted molar refractivity (Wildman–Crippen MR) is 32.3 cm³/mol. The van der Waals surface area contributed by atoms with Gasteiger partial charge in [-0.2, -0.15) is 0 Å². The maximum Gasteiger partial charge on any atom is 0.262 e. The number of nitrogens with two attached hydrogens (primary N) is 1. The Morgan fingerprint density at radius 1 is 1.50 bits per heavy atom. The number of allylic oxidation sites excluding steroid dienone is 2. The number of primary amides is 1. The summed E-state index contributed by atoms with van der Waals surface area (Å²) in [6.45, 7) is 0. The first-order valence-corrected chi connectivity index (χ1v) is 2.59. The van der Waals surface area contributed by atoms with Crippen molar-refractivity contribution in [2.75, 3.05) is 0 Å². The van der Waals surface area contributed by atoms with E-state index in [2.05, 4.69) is 0 Å². The Morgan fingerprint density at radius 3 is 2.50 bits per heavy atom. The Hall–Kier alpha value is -0.510. The largest absolute Gasteiger partial charge is 0.484 e. The zero-order valence-electron chi connectivity index (χ0n) is 5.08. The van der Waals surface area contributed by atoms with Gasteiger partial charge in [-0.1, -0.05) is 6.08 Å². The first-order valence-electron chi connectivity index (χ1n) is 2.59. The monoisotopic (exact) mass is 322 g/mol. The molecule has 1 atom stereocenters. The molecule has 0 aliphatic carbocycles. The standard InChI is InChI=1S/C6H7NO2.Au/c7-6(8)5-3-1-2-4-9-5;/h1-5H,(H2,7,8);. The Labute approximate surface area is 74.4 Å². The molecule has 0 saturated carbocycles. The molecule has 0 saturated heterocycles.